The summed E-state index contributed by atoms with van der Waals surface area (Å²) in [4.78, 5) is 3.94. The zero-order valence-corrected chi connectivity index (χ0v) is 7.85. The summed E-state index contributed by atoms with van der Waals surface area (Å²) in [6.07, 6.45) is 0. The Kier molecular flexibility index (Phi) is 1.96. The fourth-order valence-corrected chi connectivity index (χ4v) is 1.68. The molecule has 1 heterocycles. The summed E-state index contributed by atoms with van der Waals surface area (Å²) in [7, 11) is 0. The quantitative estimate of drug-likeness (QED) is 0.689. The summed E-state index contributed by atoms with van der Waals surface area (Å²) in [5, 5.41) is 0.336. The van der Waals surface area contributed by atoms with Crippen molar-refractivity contribution in [1.82, 2.24) is 9.55 Å². The van der Waals surface area contributed by atoms with Crippen LogP contribution in [0.1, 0.15) is 6.92 Å². The molecule has 0 bridgehead atoms. The number of halogens is 2. The third-order valence-electron chi connectivity index (χ3n) is 2.00. The molecule has 0 spiro atoms. The molecule has 0 amide bonds. The highest BCUT2D eigenvalue weighted by Crippen LogP contribution is 2.21. The van der Waals surface area contributed by atoms with Crippen molar-refractivity contribution in [3.05, 3.63) is 29.3 Å². The molecule has 0 saturated carbocycles. The molecule has 2 rings (SSSR count). The molecule has 1 aromatic carbocycles. The minimum absolute atomic E-state index is 0.327. The van der Waals surface area contributed by atoms with E-state index < -0.39 is 0 Å². The lowest BCUT2D eigenvalue weighted by molar-refractivity contribution is 0.637. The molecule has 13 heavy (non-hydrogen) atoms. The predicted octanol–water partition coefficient (Wildman–Crippen LogP) is 2.85. The average Bonchev–Trinajstić information content (AvgIpc) is 2.43. The number of nitrogens with zero attached hydrogens (tertiary/aromatic N) is 2. The van der Waals surface area contributed by atoms with E-state index in [0.717, 1.165) is 5.52 Å². The Morgan fingerprint density at radius 3 is 3.00 bits per heavy atom. The number of para-hydroxylation sites is 1. The zero-order chi connectivity index (χ0) is 9.42. The van der Waals surface area contributed by atoms with E-state index in [1.807, 2.05) is 6.92 Å². The van der Waals surface area contributed by atoms with E-state index in [2.05, 4.69) is 4.98 Å². The Hall–Kier alpha value is -1.09. The molecule has 0 N–H and O–H groups in total. The second kappa shape index (κ2) is 3.00. The average molecular weight is 199 g/mol. The van der Waals surface area contributed by atoms with Crippen molar-refractivity contribution in [3.8, 4) is 0 Å². The summed E-state index contributed by atoms with van der Waals surface area (Å²) in [6, 6.07) is 4.84. The number of rotatable bonds is 1. The van der Waals surface area contributed by atoms with Crippen LogP contribution in [0.15, 0.2) is 18.2 Å². The van der Waals surface area contributed by atoms with E-state index in [0.29, 0.717) is 17.3 Å². The van der Waals surface area contributed by atoms with Crippen LogP contribution in [0.2, 0.25) is 5.28 Å². The Bertz CT molecular complexity index is 450. The molecule has 1 aromatic heterocycles. The lowest BCUT2D eigenvalue weighted by atomic mass is 10.3. The Balaban J connectivity index is 2.86. The van der Waals surface area contributed by atoms with E-state index in [1.54, 1.807) is 16.7 Å². The summed E-state index contributed by atoms with van der Waals surface area (Å²) in [5.41, 5.74) is 1.09. The molecule has 0 atom stereocenters. The van der Waals surface area contributed by atoms with Crippen LogP contribution in [0.3, 0.4) is 0 Å². The molecule has 0 aliphatic rings. The first-order valence-corrected chi connectivity index (χ1v) is 4.42. The summed E-state index contributed by atoms with van der Waals surface area (Å²) < 4.78 is 14.9. The molecule has 2 nitrogen and oxygen atoms in total. The van der Waals surface area contributed by atoms with E-state index >= 15 is 0 Å². The van der Waals surface area contributed by atoms with E-state index in [-0.39, 0.29) is 5.82 Å². The second-order valence-corrected chi connectivity index (χ2v) is 3.07. The van der Waals surface area contributed by atoms with Crippen molar-refractivity contribution in [2.24, 2.45) is 0 Å². The van der Waals surface area contributed by atoms with Crippen molar-refractivity contribution >= 4 is 22.6 Å². The Morgan fingerprint density at radius 2 is 2.31 bits per heavy atom. The van der Waals surface area contributed by atoms with Gasteiger partial charge in [0.2, 0.25) is 5.28 Å². The summed E-state index contributed by atoms with van der Waals surface area (Å²) in [5.74, 6) is -0.327. The topological polar surface area (TPSA) is 17.8 Å². The number of benzene rings is 1. The number of aromatic nitrogens is 2. The van der Waals surface area contributed by atoms with Crippen LogP contribution in [0.25, 0.3) is 11.0 Å². The molecule has 0 fully saturated rings. The van der Waals surface area contributed by atoms with Crippen molar-refractivity contribution < 1.29 is 4.39 Å². The summed E-state index contributed by atoms with van der Waals surface area (Å²) >= 11 is 5.82. The number of hydrogen-bond acceptors (Lipinski definition) is 1. The monoisotopic (exact) mass is 198 g/mol. The van der Waals surface area contributed by atoms with Gasteiger partial charge in [0.05, 0.1) is 5.52 Å². The van der Waals surface area contributed by atoms with Gasteiger partial charge < -0.3 is 4.57 Å². The molecule has 0 aliphatic heterocycles. The Labute approximate surface area is 80.0 Å². The van der Waals surface area contributed by atoms with Gasteiger partial charge in [-0.1, -0.05) is 6.07 Å². The van der Waals surface area contributed by atoms with Crippen LogP contribution in [0.5, 0.6) is 0 Å². The minimum Gasteiger partial charge on any atom is -0.315 e. The zero-order valence-electron chi connectivity index (χ0n) is 7.09. The van der Waals surface area contributed by atoms with Crippen LogP contribution < -0.4 is 0 Å². The van der Waals surface area contributed by atoms with Gasteiger partial charge in [-0.2, -0.15) is 0 Å². The maximum Gasteiger partial charge on any atom is 0.203 e. The smallest absolute Gasteiger partial charge is 0.203 e. The fraction of sp³-hybridized carbons (Fsp3) is 0.222. The molecule has 2 aromatic rings. The number of hydrogen-bond donors (Lipinski definition) is 0. The normalized spacial score (nSPS) is 11.0. The molecule has 0 saturated heterocycles. The third-order valence-corrected chi connectivity index (χ3v) is 2.29. The molecule has 0 unspecified atom stereocenters. The first kappa shape index (κ1) is 8.51. The minimum atomic E-state index is -0.327. The maximum absolute atomic E-state index is 13.2. The van der Waals surface area contributed by atoms with Gasteiger partial charge in [-0.15, -0.1) is 0 Å². The standard InChI is InChI=1S/C9H8ClFN2/c1-2-13-7-5-3-4-6(11)8(7)12-9(13)10/h3-5H,2H2,1H3. The van der Waals surface area contributed by atoms with Gasteiger partial charge >= 0.3 is 0 Å². The van der Waals surface area contributed by atoms with Crippen LogP contribution in [-0.2, 0) is 6.54 Å². The van der Waals surface area contributed by atoms with Gasteiger partial charge in [0.25, 0.3) is 0 Å². The lowest BCUT2D eigenvalue weighted by Crippen LogP contribution is -1.92. The first-order valence-electron chi connectivity index (χ1n) is 4.04. The summed E-state index contributed by atoms with van der Waals surface area (Å²) in [6.45, 7) is 2.64. The van der Waals surface area contributed by atoms with Crippen molar-refractivity contribution in [1.29, 1.82) is 0 Å². The van der Waals surface area contributed by atoms with Crippen LogP contribution in [0.4, 0.5) is 4.39 Å². The van der Waals surface area contributed by atoms with E-state index in [4.69, 9.17) is 11.6 Å². The third kappa shape index (κ3) is 1.20. The van der Waals surface area contributed by atoms with Crippen LogP contribution in [0, 0.1) is 5.82 Å². The van der Waals surface area contributed by atoms with Crippen LogP contribution >= 0.6 is 11.6 Å². The highest BCUT2D eigenvalue weighted by Gasteiger charge is 2.09. The Morgan fingerprint density at radius 1 is 1.54 bits per heavy atom. The maximum atomic E-state index is 13.2. The fourth-order valence-electron chi connectivity index (χ4n) is 1.39. The van der Waals surface area contributed by atoms with Gasteiger partial charge in [-0.25, -0.2) is 9.37 Å². The van der Waals surface area contributed by atoms with Gasteiger partial charge in [0.1, 0.15) is 5.52 Å². The molecular formula is C9H8ClFN2. The highest BCUT2D eigenvalue weighted by atomic mass is 35.5. The predicted molar refractivity (Wildman–Crippen MR) is 50.4 cm³/mol. The molecular weight excluding hydrogens is 191 g/mol. The second-order valence-electron chi connectivity index (χ2n) is 2.73. The highest BCUT2D eigenvalue weighted by molar-refractivity contribution is 6.29. The van der Waals surface area contributed by atoms with E-state index in [1.165, 1.54) is 6.07 Å². The SMILES string of the molecule is CCn1c(Cl)nc2c(F)cccc21. The van der Waals surface area contributed by atoms with Crippen molar-refractivity contribution in [2.45, 2.75) is 13.5 Å². The van der Waals surface area contributed by atoms with Gasteiger partial charge in [-0.05, 0) is 30.7 Å². The van der Waals surface area contributed by atoms with Crippen molar-refractivity contribution in [2.75, 3.05) is 0 Å². The lowest BCUT2D eigenvalue weighted by Gasteiger charge is -1.99. The molecule has 4 heteroatoms. The molecule has 0 aliphatic carbocycles. The van der Waals surface area contributed by atoms with Gasteiger partial charge in [0.15, 0.2) is 5.82 Å². The van der Waals surface area contributed by atoms with Gasteiger partial charge in [-0.3, -0.25) is 0 Å². The number of fused-ring (bicyclic) bond motifs is 1. The molecule has 68 valence electrons. The first-order chi connectivity index (χ1) is 6.24. The van der Waals surface area contributed by atoms with Crippen molar-refractivity contribution in [3.63, 3.8) is 0 Å². The molecule has 0 radical (unpaired) electrons. The number of aryl methyl sites for hydroxylation is 1. The van der Waals surface area contributed by atoms with Crippen LogP contribution in [-0.4, -0.2) is 9.55 Å². The number of imidazole rings is 1. The van der Waals surface area contributed by atoms with Gasteiger partial charge in [0, 0.05) is 6.54 Å². The largest absolute Gasteiger partial charge is 0.315 e. The van der Waals surface area contributed by atoms with E-state index in [9.17, 15) is 4.39 Å².